The van der Waals surface area contributed by atoms with E-state index in [0.29, 0.717) is 12.1 Å². The van der Waals surface area contributed by atoms with Gasteiger partial charge in [-0.2, -0.15) is 0 Å². The minimum atomic E-state index is -0.353. The Morgan fingerprint density at radius 2 is 2.38 bits per heavy atom. The zero-order chi connectivity index (χ0) is 9.26. The number of nitrogens with two attached hydrogens (primary N) is 1. The van der Waals surface area contributed by atoms with Crippen LogP contribution in [0.4, 0.5) is 0 Å². The standard InChI is InChI=1S/C9H13N3O/c10-9(13)7-5-11-8-3-1-2-4-12(8)6-7/h5H,1-4,6H2,(H2,10,13). The molecule has 0 saturated carbocycles. The van der Waals surface area contributed by atoms with Gasteiger partial charge in [-0.25, -0.2) is 4.99 Å². The van der Waals surface area contributed by atoms with Crippen molar-refractivity contribution in [2.75, 3.05) is 13.1 Å². The predicted octanol–water partition coefficient (Wildman–Crippen LogP) is 0.254. The summed E-state index contributed by atoms with van der Waals surface area (Å²) in [6, 6.07) is 0. The number of piperidine rings is 1. The first-order chi connectivity index (χ1) is 6.27. The molecular weight excluding hydrogens is 166 g/mol. The number of hydrogen-bond donors (Lipinski definition) is 1. The number of hydrogen-bond acceptors (Lipinski definition) is 3. The molecule has 0 atom stereocenters. The smallest absolute Gasteiger partial charge is 0.247 e. The Morgan fingerprint density at radius 3 is 3.15 bits per heavy atom. The molecule has 4 nitrogen and oxygen atoms in total. The summed E-state index contributed by atoms with van der Waals surface area (Å²) in [4.78, 5) is 17.3. The molecule has 13 heavy (non-hydrogen) atoms. The second kappa shape index (κ2) is 3.20. The van der Waals surface area contributed by atoms with Crippen molar-refractivity contribution in [1.82, 2.24) is 4.90 Å². The van der Waals surface area contributed by atoms with Crippen LogP contribution in [0.3, 0.4) is 0 Å². The summed E-state index contributed by atoms with van der Waals surface area (Å²) in [6.45, 7) is 1.65. The van der Waals surface area contributed by atoms with Crippen molar-refractivity contribution >= 4 is 11.7 Å². The van der Waals surface area contributed by atoms with Crippen molar-refractivity contribution in [2.24, 2.45) is 10.7 Å². The molecule has 0 aromatic rings. The number of carbonyl (C=O) groups excluding carboxylic acids is 1. The highest BCUT2D eigenvalue weighted by molar-refractivity contribution is 5.95. The van der Waals surface area contributed by atoms with Crippen molar-refractivity contribution < 1.29 is 4.79 Å². The van der Waals surface area contributed by atoms with E-state index in [1.165, 1.54) is 12.8 Å². The van der Waals surface area contributed by atoms with Crippen LogP contribution in [0.1, 0.15) is 19.3 Å². The lowest BCUT2D eigenvalue weighted by Crippen LogP contribution is -2.40. The quantitative estimate of drug-likeness (QED) is 0.627. The van der Waals surface area contributed by atoms with Crippen LogP contribution >= 0.6 is 0 Å². The third-order valence-electron chi connectivity index (χ3n) is 2.49. The molecule has 0 spiro atoms. The molecule has 1 amide bonds. The number of fused-ring (bicyclic) bond motifs is 1. The van der Waals surface area contributed by atoms with Crippen molar-refractivity contribution in [2.45, 2.75) is 19.3 Å². The van der Waals surface area contributed by atoms with Crippen LogP contribution in [0, 0.1) is 0 Å². The van der Waals surface area contributed by atoms with Crippen LogP contribution in [0.15, 0.2) is 16.8 Å². The molecule has 2 aliphatic rings. The van der Waals surface area contributed by atoms with Gasteiger partial charge in [0.1, 0.15) is 5.84 Å². The van der Waals surface area contributed by atoms with E-state index >= 15 is 0 Å². The van der Waals surface area contributed by atoms with Gasteiger partial charge in [0, 0.05) is 19.2 Å². The van der Waals surface area contributed by atoms with Crippen molar-refractivity contribution in [3.63, 3.8) is 0 Å². The molecule has 2 aliphatic heterocycles. The third kappa shape index (κ3) is 1.56. The van der Waals surface area contributed by atoms with Crippen LogP contribution in [-0.2, 0) is 4.79 Å². The van der Waals surface area contributed by atoms with Gasteiger partial charge >= 0.3 is 0 Å². The van der Waals surface area contributed by atoms with Crippen molar-refractivity contribution in [3.8, 4) is 0 Å². The Labute approximate surface area is 77.1 Å². The van der Waals surface area contributed by atoms with E-state index in [-0.39, 0.29) is 5.91 Å². The first-order valence-corrected chi connectivity index (χ1v) is 4.58. The fourth-order valence-electron chi connectivity index (χ4n) is 1.73. The van der Waals surface area contributed by atoms with Crippen LogP contribution in [0.5, 0.6) is 0 Å². The zero-order valence-corrected chi connectivity index (χ0v) is 7.49. The average molecular weight is 179 g/mol. The largest absolute Gasteiger partial charge is 0.366 e. The van der Waals surface area contributed by atoms with Gasteiger partial charge in [0.25, 0.3) is 0 Å². The summed E-state index contributed by atoms with van der Waals surface area (Å²) in [5, 5.41) is 0. The number of primary amides is 1. The fraction of sp³-hybridized carbons (Fsp3) is 0.556. The second-order valence-electron chi connectivity index (χ2n) is 3.44. The molecule has 2 rings (SSSR count). The normalized spacial score (nSPS) is 21.7. The maximum Gasteiger partial charge on any atom is 0.247 e. The maximum atomic E-state index is 10.9. The van der Waals surface area contributed by atoms with Gasteiger partial charge in [-0.15, -0.1) is 0 Å². The first kappa shape index (κ1) is 8.29. The van der Waals surface area contributed by atoms with E-state index in [9.17, 15) is 4.79 Å². The summed E-state index contributed by atoms with van der Waals surface area (Å²) < 4.78 is 0. The molecule has 0 aliphatic carbocycles. The summed E-state index contributed by atoms with van der Waals surface area (Å²) in [5.41, 5.74) is 5.80. The molecule has 1 fully saturated rings. The monoisotopic (exact) mass is 179 g/mol. The number of nitrogens with zero attached hydrogens (tertiary/aromatic N) is 2. The lowest BCUT2D eigenvalue weighted by molar-refractivity contribution is -0.114. The highest BCUT2D eigenvalue weighted by atomic mass is 16.1. The SMILES string of the molecule is NC(=O)C1=CN=C2CCCCN2C1. The Hall–Kier alpha value is -1.32. The summed E-state index contributed by atoms with van der Waals surface area (Å²) in [6.07, 6.45) is 5.03. The molecule has 4 heteroatoms. The lowest BCUT2D eigenvalue weighted by atomic mass is 10.1. The van der Waals surface area contributed by atoms with Gasteiger partial charge in [-0.1, -0.05) is 0 Å². The highest BCUT2D eigenvalue weighted by Crippen LogP contribution is 2.17. The van der Waals surface area contributed by atoms with E-state index in [1.54, 1.807) is 6.20 Å². The second-order valence-corrected chi connectivity index (χ2v) is 3.44. The van der Waals surface area contributed by atoms with E-state index in [2.05, 4.69) is 9.89 Å². The van der Waals surface area contributed by atoms with Gasteiger partial charge in [-0.3, -0.25) is 4.79 Å². The molecule has 0 unspecified atom stereocenters. The van der Waals surface area contributed by atoms with Crippen LogP contribution in [0.2, 0.25) is 0 Å². The van der Waals surface area contributed by atoms with Crippen LogP contribution in [0.25, 0.3) is 0 Å². The topological polar surface area (TPSA) is 58.7 Å². The molecule has 2 heterocycles. The summed E-state index contributed by atoms with van der Waals surface area (Å²) >= 11 is 0. The van der Waals surface area contributed by atoms with Crippen molar-refractivity contribution in [3.05, 3.63) is 11.8 Å². The van der Waals surface area contributed by atoms with E-state index in [4.69, 9.17) is 5.73 Å². The predicted molar refractivity (Wildman–Crippen MR) is 50.1 cm³/mol. The Morgan fingerprint density at radius 1 is 1.54 bits per heavy atom. The van der Waals surface area contributed by atoms with Gasteiger partial charge in [0.05, 0.1) is 12.1 Å². The van der Waals surface area contributed by atoms with Crippen LogP contribution in [-0.4, -0.2) is 29.7 Å². The Bertz CT molecular complexity index is 293. The number of amides is 1. The molecule has 0 radical (unpaired) electrons. The molecular formula is C9H13N3O. The van der Waals surface area contributed by atoms with Gasteiger partial charge < -0.3 is 10.6 Å². The number of amidine groups is 1. The number of carbonyl (C=O) groups is 1. The van der Waals surface area contributed by atoms with Gasteiger partial charge in [-0.05, 0) is 12.8 Å². The molecule has 70 valence electrons. The number of aliphatic imine (C=N–C) groups is 1. The number of rotatable bonds is 1. The van der Waals surface area contributed by atoms with Crippen molar-refractivity contribution in [1.29, 1.82) is 0 Å². The average Bonchev–Trinajstić information content (AvgIpc) is 2.17. The summed E-state index contributed by atoms with van der Waals surface area (Å²) in [7, 11) is 0. The molecule has 1 saturated heterocycles. The Balaban J connectivity index is 2.18. The highest BCUT2D eigenvalue weighted by Gasteiger charge is 2.21. The summed E-state index contributed by atoms with van der Waals surface area (Å²) in [5.74, 6) is 0.754. The molecule has 0 bridgehead atoms. The Kier molecular flexibility index (Phi) is 2.04. The fourth-order valence-corrected chi connectivity index (χ4v) is 1.73. The molecule has 0 aromatic carbocycles. The first-order valence-electron chi connectivity index (χ1n) is 4.58. The molecule has 0 aromatic heterocycles. The van der Waals surface area contributed by atoms with Gasteiger partial charge in [0.2, 0.25) is 5.91 Å². The minimum absolute atomic E-state index is 0.353. The lowest BCUT2D eigenvalue weighted by Gasteiger charge is -2.32. The maximum absolute atomic E-state index is 10.9. The third-order valence-corrected chi connectivity index (χ3v) is 2.49. The van der Waals surface area contributed by atoms with Gasteiger partial charge in [0.15, 0.2) is 0 Å². The molecule has 2 N–H and O–H groups in total. The van der Waals surface area contributed by atoms with E-state index in [1.807, 2.05) is 0 Å². The minimum Gasteiger partial charge on any atom is -0.366 e. The van der Waals surface area contributed by atoms with E-state index < -0.39 is 0 Å². The zero-order valence-electron chi connectivity index (χ0n) is 7.49. The van der Waals surface area contributed by atoms with E-state index in [0.717, 1.165) is 18.8 Å². The van der Waals surface area contributed by atoms with Crippen LogP contribution < -0.4 is 5.73 Å².